The van der Waals surface area contributed by atoms with Crippen LogP contribution in [0.4, 0.5) is 0 Å². The number of nitrogens with one attached hydrogen (secondary N) is 1. The molecule has 3 aliphatic rings. The summed E-state index contributed by atoms with van der Waals surface area (Å²) in [7, 11) is 0. The van der Waals surface area contributed by atoms with E-state index in [1.807, 2.05) is 0 Å². The summed E-state index contributed by atoms with van der Waals surface area (Å²) in [5.41, 5.74) is -0.0779. The molecule has 2 aliphatic heterocycles. The molecule has 12 heavy (non-hydrogen) atoms. The van der Waals surface area contributed by atoms with E-state index in [0.717, 1.165) is 25.7 Å². The van der Waals surface area contributed by atoms with Gasteiger partial charge in [0.25, 0.3) is 0 Å². The Hall–Kier alpha value is -0.120. The fourth-order valence-electron chi connectivity index (χ4n) is 2.14. The van der Waals surface area contributed by atoms with Crippen LogP contribution in [0, 0.1) is 5.92 Å². The summed E-state index contributed by atoms with van der Waals surface area (Å²) in [6, 6.07) is 0.711. The molecule has 1 atom stereocenters. The lowest BCUT2D eigenvalue weighted by Crippen LogP contribution is -2.67. The predicted octanol–water partition coefficient (Wildman–Crippen LogP) is 0.501. The van der Waals surface area contributed by atoms with Crippen LogP contribution in [-0.4, -0.2) is 31.6 Å². The summed E-state index contributed by atoms with van der Waals surface area (Å²) >= 11 is 0. The summed E-state index contributed by atoms with van der Waals surface area (Å²) < 4.78 is 10.9. The zero-order valence-electron chi connectivity index (χ0n) is 7.21. The minimum atomic E-state index is -0.0779. The molecule has 2 saturated heterocycles. The van der Waals surface area contributed by atoms with Gasteiger partial charge in [-0.15, -0.1) is 0 Å². The van der Waals surface area contributed by atoms with Gasteiger partial charge in [0, 0.05) is 6.04 Å². The quantitative estimate of drug-likeness (QED) is 0.620. The van der Waals surface area contributed by atoms with Crippen LogP contribution >= 0.6 is 0 Å². The zero-order valence-corrected chi connectivity index (χ0v) is 7.21. The van der Waals surface area contributed by atoms with E-state index in [4.69, 9.17) is 9.47 Å². The standard InChI is InChI=1S/C9H15NO2/c1-2-7(1)8-3-4-12-9(10-8)5-11-6-9/h7-8,10H,1-6H2. The normalized spacial score (nSPS) is 39.5. The Morgan fingerprint density at radius 2 is 2.00 bits per heavy atom. The molecule has 3 nitrogen and oxygen atoms in total. The van der Waals surface area contributed by atoms with Crippen molar-refractivity contribution >= 4 is 0 Å². The van der Waals surface area contributed by atoms with E-state index in [9.17, 15) is 0 Å². The molecule has 1 N–H and O–H groups in total. The summed E-state index contributed by atoms with van der Waals surface area (Å²) in [6.07, 6.45) is 4.01. The third-order valence-corrected chi connectivity index (χ3v) is 3.12. The minimum Gasteiger partial charge on any atom is -0.372 e. The van der Waals surface area contributed by atoms with Crippen molar-refractivity contribution in [1.29, 1.82) is 0 Å². The second kappa shape index (κ2) is 2.44. The number of hydrogen-bond donors (Lipinski definition) is 1. The Bertz CT molecular complexity index is 187. The first kappa shape index (κ1) is 7.30. The summed E-state index contributed by atoms with van der Waals surface area (Å²) in [5, 5.41) is 3.58. The van der Waals surface area contributed by atoms with Crippen LogP contribution in [0.5, 0.6) is 0 Å². The van der Waals surface area contributed by atoms with Crippen LogP contribution in [0.3, 0.4) is 0 Å². The fraction of sp³-hybridized carbons (Fsp3) is 1.00. The van der Waals surface area contributed by atoms with Crippen molar-refractivity contribution < 1.29 is 9.47 Å². The molecule has 1 unspecified atom stereocenters. The van der Waals surface area contributed by atoms with E-state index in [1.54, 1.807) is 0 Å². The molecule has 2 heterocycles. The van der Waals surface area contributed by atoms with E-state index in [-0.39, 0.29) is 5.72 Å². The molecule has 0 aromatic rings. The lowest BCUT2D eigenvalue weighted by Gasteiger charge is -2.47. The van der Waals surface area contributed by atoms with E-state index in [1.165, 1.54) is 19.3 Å². The molecule has 3 fully saturated rings. The van der Waals surface area contributed by atoms with Crippen molar-refractivity contribution in [3.8, 4) is 0 Å². The first-order chi connectivity index (χ1) is 5.88. The Labute approximate surface area is 72.4 Å². The lowest BCUT2D eigenvalue weighted by atomic mass is 10.0. The molecule has 0 aromatic carbocycles. The van der Waals surface area contributed by atoms with Crippen LogP contribution in [0.25, 0.3) is 0 Å². The van der Waals surface area contributed by atoms with Gasteiger partial charge in [-0.05, 0) is 25.2 Å². The van der Waals surface area contributed by atoms with Crippen molar-refractivity contribution in [2.75, 3.05) is 19.8 Å². The molecule has 1 aliphatic carbocycles. The smallest absolute Gasteiger partial charge is 0.166 e. The van der Waals surface area contributed by atoms with Gasteiger partial charge < -0.3 is 9.47 Å². The van der Waals surface area contributed by atoms with Crippen LogP contribution in [-0.2, 0) is 9.47 Å². The van der Waals surface area contributed by atoms with Gasteiger partial charge in [0.05, 0.1) is 19.8 Å². The molecule has 68 valence electrons. The van der Waals surface area contributed by atoms with Gasteiger partial charge in [0.1, 0.15) is 0 Å². The van der Waals surface area contributed by atoms with Crippen molar-refractivity contribution in [1.82, 2.24) is 5.32 Å². The Morgan fingerprint density at radius 1 is 1.17 bits per heavy atom. The molecular formula is C9H15NO2. The second-order valence-electron chi connectivity index (χ2n) is 4.21. The average Bonchev–Trinajstić information content (AvgIpc) is 2.84. The van der Waals surface area contributed by atoms with Gasteiger partial charge in [0.15, 0.2) is 5.72 Å². The number of rotatable bonds is 1. The van der Waals surface area contributed by atoms with Gasteiger partial charge in [-0.2, -0.15) is 0 Å². The van der Waals surface area contributed by atoms with E-state index >= 15 is 0 Å². The molecule has 0 aromatic heterocycles. The van der Waals surface area contributed by atoms with Crippen molar-refractivity contribution in [2.45, 2.75) is 31.0 Å². The minimum absolute atomic E-state index is 0.0779. The fourth-order valence-corrected chi connectivity index (χ4v) is 2.14. The van der Waals surface area contributed by atoms with Crippen LogP contribution < -0.4 is 5.32 Å². The summed E-state index contributed by atoms with van der Waals surface area (Å²) in [6.45, 7) is 2.41. The second-order valence-corrected chi connectivity index (χ2v) is 4.21. The maximum atomic E-state index is 5.67. The highest BCUT2D eigenvalue weighted by Gasteiger charge is 2.46. The van der Waals surface area contributed by atoms with Crippen LogP contribution in [0.1, 0.15) is 19.3 Å². The zero-order chi connectivity index (χ0) is 8.02. The molecule has 1 saturated carbocycles. The predicted molar refractivity (Wildman–Crippen MR) is 43.8 cm³/mol. The first-order valence-corrected chi connectivity index (χ1v) is 4.87. The van der Waals surface area contributed by atoms with Crippen LogP contribution in [0.15, 0.2) is 0 Å². The monoisotopic (exact) mass is 169 g/mol. The van der Waals surface area contributed by atoms with Crippen molar-refractivity contribution in [3.63, 3.8) is 0 Å². The average molecular weight is 169 g/mol. The van der Waals surface area contributed by atoms with Crippen molar-refractivity contribution in [3.05, 3.63) is 0 Å². The van der Waals surface area contributed by atoms with Crippen molar-refractivity contribution in [2.24, 2.45) is 5.92 Å². The molecular weight excluding hydrogens is 154 g/mol. The van der Waals surface area contributed by atoms with E-state index in [2.05, 4.69) is 5.32 Å². The maximum absolute atomic E-state index is 5.67. The van der Waals surface area contributed by atoms with Crippen LogP contribution in [0.2, 0.25) is 0 Å². The van der Waals surface area contributed by atoms with E-state index in [0.29, 0.717) is 6.04 Å². The Kier molecular flexibility index (Phi) is 1.48. The largest absolute Gasteiger partial charge is 0.372 e. The highest BCUT2D eigenvalue weighted by Crippen LogP contribution is 2.37. The number of hydrogen-bond acceptors (Lipinski definition) is 3. The summed E-state index contributed by atoms with van der Waals surface area (Å²) in [5.74, 6) is 0.936. The van der Waals surface area contributed by atoms with E-state index < -0.39 is 0 Å². The SMILES string of the molecule is C1CC(C2CC2)NC2(COC2)O1. The van der Waals surface area contributed by atoms with Gasteiger partial charge in [-0.1, -0.05) is 0 Å². The highest BCUT2D eigenvalue weighted by molar-refractivity contribution is 4.96. The first-order valence-electron chi connectivity index (χ1n) is 4.87. The molecule has 0 radical (unpaired) electrons. The Balaban J connectivity index is 1.66. The molecule has 1 spiro atoms. The van der Waals surface area contributed by atoms with Gasteiger partial charge in [0.2, 0.25) is 0 Å². The highest BCUT2D eigenvalue weighted by atomic mass is 16.6. The topological polar surface area (TPSA) is 30.5 Å². The lowest BCUT2D eigenvalue weighted by molar-refractivity contribution is -0.247. The molecule has 0 amide bonds. The number of ether oxygens (including phenoxy) is 2. The van der Waals surface area contributed by atoms with Gasteiger partial charge >= 0.3 is 0 Å². The maximum Gasteiger partial charge on any atom is 0.166 e. The van der Waals surface area contributed by atoms with Gasteiger partial charge in [-0.3, -0.25) is 5.32 Å². The molecule has 3 rings (SSSR count). The molecule has 3 heteroatoms. The third-order valence-electron chi connectivity index (χ3n) is 3.12. The third kappa shape index (κ3) is 1.08. The summed E-state index contributed by atoms with van der Waals surface area (Å²) in [4.78, 5) is 0. The Morgan fingerprint density at radius 3 is 2.58 bits per heavy atom. The molecule has 0 bridgehead atoms. The van der Waals surface area contributed by atoms with Gasteiger partial charge in [-0.25, -0.2) is 0 Å².